The minimum absolute atomic E-state index is 0.277. The van der Waals surface area contributed by atoms with Gasteiger partial charge in [-0.3, -0.25) is 9.89 Å². The highest BCUT2D eigenvalue weighted by Gasteiger charge is 2.05. The maximum Gasteiger partial charge on any atom is 0.341 e. The molecule has 0 aromatic rings. The van der Waals surface area contributed by atoms with Gasteiger partial charge in [0.2, 0.25) is 0 Å². The Labute approximate surface area is 52.7 Å². The summed E-state index contributed by atoms with van der Waals surface area (Å²) in [7, 11) is 0. The Morgan fingerprint density at radius 1 is 1.78 bits per heavy atom. The van der Waals surface area contributed by atoms with Gasteiger partial charge in [0.25, 0.3) is 0 Å². The second-order valence-corrected chi connectivity index (χ2v) is 1.59. The lowest BCUT2D eigenvalue weighted by atomic mass is 10.5. The molecule has 47 valence electrons. The van der Waals surface area contributed by atoms with Gasteiger partial charge in [-0.2, -0.15) is 0 Å². The fourth-order valence-corrected chi connectivity index (χ4v) is 0.517. The molecule has 0 bridgehead atoms. The maximum atomic E-state index is 10.3. The fourth-order valence-electron chi connectivity index (χ4n) is 0.517. The zero-order valence-corrected chi connectivity index (χ0v) is 4.74. The second kappa shape index (κ2) is 2.30. The van der Waals surface area contributed by atoms with E-state index in [4.69, 9.17) is 5.73 Å². The number of rotatable bonds is 0. The van der Waals surface area contributed by atoms with Crippen LogP contribution in [0, 0.1) is 0 Å². The molecule has 1 N–H and O–H groups in total. The minimum atomic E-state index is -0.719. The molecule has 1 aliphatic heterocycles. The van der Waals surface area contributed by atoms with Gasteiger partial charge in [-0.15, -0.1) is 0 Å². The number of nitrogens with one attached hydrogen (secondary N) is 1. The molecule has 1 radical (unpaired) electrons. The average Bonchev–Trinajstić information content (AvgIpc) is 1.90. The van der Waals surface area contributed by atoms with Gasteiger partial charge in [0, 0.05) is 12.4 Å². The van der Waals surface area contributed by atoms with Gasteiger partial charge in [0.15, 0.2) is 0 Å². The molecular formula is C5H6N3O. The number of urea groups is 1. The lowest BCUT2D eigenvalue weighted by molar-refractivity contribution is 0.224. The fraction of sp³-hybridized carbons (Fsp3) is 0.200. The molecule has 4 heteroatoms. The lowest BCUT2D eigenvalue weighted by Gasteiger charge is -2.12. The summed E-state index contributed by atoms with van der Waals surface area (Å²) in [4.78, 5) is 15.2. The third-order valence-corrected chi connectivity index (χ3v) is 0.952. The van der Waals surface area contributed by atoms with Crippen LogP contribution in [0.5, 0.6) is 0 Å². The standard InChI is InChI=1S/C5H6N3O/c6-5(9)8-3-1-2-7-4-8/h1-3,6H,4H2. The first-order valence-electron chi connectivity index (χ1n) is 2.49. The van der Waals surface area contributed by atoms with Crippen LogP contribution in [0.4, 0.5) is 4.79 Å². The molecular weight excluding hydrogens is 118 g/mol. The van der Waals surface area contributed by atoms with Crippen LogP contribution < -0.4 is 5.73 Å². The molecule has 0 fully saturated rings. The zero-order valence-electron chi connectivity index (χ0n) is 4.74. The number of allylic oxidation sites excluding steroid dienone is 1. The van der Waals surface area contributed by atoms with E-state index < -0.39 is 6.03 Å². The highest BCUT2D eigenvalue weighted by atomic mass is 16.2. The maximum absolute atomic E-state index is 10.3. The molecule has 2 amide bonds. The van der Waals surface area contributed by atoms with Crippen molar-refractivity contribution in [2.45, 2.75) is 0 Å². The van der Waals surface area contributed by atoms with E-state index in [2.05, 4.69) is 4.99 Å². The highest BCUT2D eigenvalue weighted by Crippen LogP contribution is 1.93. The van der Waals surface area contributed by atoms with Crippen molar-refractivity contribution < 1.29 is 4.79 Å². The zero-order chi connectivity index (χ0) is 6.69. The monoisotopic (exact) mass is 124 g/mol. The summed E-state index contributed by atoms with van der Waals surface area (Å²) in [6.45, 7) is 0.277. The first-order valence-corrected chi connectivity index (χ1v) is 2.49. The van der Waals surface area contributed by atoms with Crippen LogP contribution in [0.1, 0.15) is 0 Å². The van der Waals surface area contributed by atoms with Crippen LogP contribution in [0.3, 0.4) is 0 Å². The largest absolute Gasteiger partial charge is 0.341 e. The van der Waals surface area contributed by atoms with Crippen LogP contribution in [-0.4, -0.2) is 23.8 Å². The molecule has 0 unspecified atom stereocenters. The first-order chi connectivity index (χ1) is 4.30. The van der Waals surface area contributed by atoms with Crippen molar-refractivity contribution in [3.63, 3.8) is 0 Å². The summed E-state index contributed by atoms with van der Waals surface area (Å²) in [6, 6.07) is -0.719. The summed E-state index contributed by atoms with van der Waals surface area (Å²) >= 11 is 0. The Bertz CT molecular complexity index is 173. The van der Waals surface area contributed by atoms with Gasteiger partial charge in [0.1, 0.15) is 6.67 Å². The van der Waals surface area contributed by atoms with Gasteiger partial charge < -0.3 is 0 Å². The summed E-state index contributed by atoms with van der Waals surface area (Å²) in [5.41, 5.74) is 6.63. The van der Waals surface area contributed by atoms with Crippen LogP contribution in [0.15, 0.2) is 17.3 Å². The normalized spacial score (nSPS) is 16.2. The molecule has 1 aliphatic rings. The predicted octanol–water partition coefficient (Wildman–Crippen LogP) is 0.247. The first kappa shape index (κ1) is 5.81. The lowest BCUT2D eigenvalue weighted by Crippen LogP contribution is -2.26. The predicted molar refractivity (Wildman–Crippen MR) is 32.8 cm³/mol. The molecule has 1 rings (SSSR count). The second-order valence-electron chi connectivity index (χ2n) is 1.59. The van der Waals surface area contributed by atoms with Crippen LogP contribution in [0.25, 0.3) is 0 Å². The van der Waals surface area contributed by atoms with E-state index in [1.54, 1.807) is 12.3 Å². The molecule has 0 atom stereocenters. The third kappa shape index (κ3) is 1.28. The molecule has 4 nitrogen and oxygen atoms in total. The van der Waals surface area contributed by atoms with E-state index >= 15 is 0 Å². The van der Waals surface area contributed by atoms with Crippen LogP contribution >= 0.6 is 0 Å². The summed E-state index contributed by atoms with van der Waals surface area (Å²) < 4.78 is 0. The summed E-state index contributed by atoms with van der Waals surface area (Å²) in [6.07, 6.45) is 4.75. The van der Waals surface area contributed by atoms with E-state index in [0.717, 1.165) is 0 Å². The Morgan fingerprint density at radius 2 is 2.56 bits per heavy atom. The Kier molecular flexibility index (Phi) is 1.48. The van der Waals surface area contributed by atoms with Crippen molar-refractivity contribution in [3.8, 4) is 0 Å². The van der Waals surface area contributed by atoms with Gasteiger partial charge in [-0.25, -0.2) is 10.5 Å². The average molecular weight is 124 g/mol. The molecule has 1 heterocycles. The minimum Gasteiger partial charge on any atom is -0.280 e. The van der Waals surface area contributed by atoms with Gasteiger partial charge >= 0.3 is 6.03 Å². The van der Waals surface area contributed by atoms with E-state index in [1.165, 1.54) is 11.1 Å². The van der Waals surface area contributed by atoms with E-state index in [0.29, 0.717) is 0 Å². The quantitative estimate of drug-likeness (QED) is 0.456. The topological polar surface area (TPSA) is 56.5 Å². The molecule has 0 saturated carbocycles. The number of amides is 2. The molecule has 0 saturated heterocycles. The number of carbonyl (C=O) groups excluding carboxylic acids is 1. The number of hydrogen-bond acceptors (Lipinski definition) is 2. The Balaban J connectivity index is 2.56. The summed E-state index contributed by atoms with van der Waals surface area (Å²) in [5, 5.41) is 0. The van der Waals surface area contributed by atoms with Crippen molar-refractivity contribution >= 4 is 12.2 Å². The molecule has 0 spiro atoms. The number of hydrogen-bond donors (Lipinski definition) is 0. The summed E-state index contributed by atoms with van der Waals surface area (Å²) in [5.74, 6) is 0. The number of carbonyl (C=O) groups is 1. The molecule has 0 aliphatic carbocycles. The van der Waals surface area contributed by atoms with Crippen molar-refractivity contribution in [1.82, 2.24) is 10.6 Å². The van der Waals surface area contributed by atoms with E-state index in [9.17, 15) is 4.79 Å². The number of aliphatic imine (C=N–C) groups is 1. The highest BCUT2D eigenvalue weighted by molar-refractivity contribution is 5.77. The Hall–Kier alpha value is -1.32. The number of nitrogens with zero attached hydrogens (tertiary/aromatic N) is 2. The third-order valence-electron chi connectivity index (χ3n) is 0.952. The van der Waals surface area contributed by atoms with Crippen LogP contribution in [-0.2, 0) is 0 Å². The van der Waals surface area contributed by atoms with E-state index in [1.807, 2.05) is 0 Å². The smallest absolute Gasteiger partial charge is 0.280 e. The van der Waals surface area contributed by atoms with Crippen molar-refractivity contribution in [3.05, 3.63) is 12.3 Å². The van der Waals surface area contributed by atoms with Gasteiger partial charge in [-0.05, 0) is 6.08 Å². The SMILES string of the molecule is [NH]C(=O)N1C=CC=NC1. The molecule has 0 aromatic heterocycles. The van der Waals surface area contributed by atoms with Crippen molar-refractivity contribution in [2.75, 3.05) is 6.67 Å². The van der Waals surface area contributed by atoms with Crippen molar-refractivity contribution in [1.29, 1.82) is 0 Å². The van der Waals surface area contributed by atoms with Crippen LogP contribution in [0.2, 0.25) is 0 Å². The molecule has 0 aromatic carbocycles. The van der Waals surface area contributed by atoms with Gasteiger partial charge in [-0.1, -0.05) is 0 Å². The molecule has 9 heavy (non-hydrogen) atoms. The van der Waals surface area contributed by atoms with Crippen molar-refractivity contribution in [2.24, 2.45) is 4.99 Å². The van der Waals surface area contributed by atoms with Gasteiger partial charge in [0.05, 0.1) is 0 Å². The van der Waals surface area contributed by atoms with E-state index in [-0.39, 0.29) is 6.67 Å². The Morgan fingerprint density at radius 3 is 2.89 bits per heavy atom.